The fourth-order valence-electron chi connectivity index (χ4n) is 3.28. The molecule has 1 atom stereocenters. The van der Waals surface area contributed by atoms with Crippen molar-refractivity contribution in [3.8, 4) is 11.5 Å². The Hall–Kier alpha value is -4.46. The van der Waals surface area contributed by atoms with Gasteiger partial charge in [0.25, 0.3) is 5.91 Å². The van der Waals surface area contributed by atoms with Crippen molar-refractivity contribution in [1.29, 1.82) is 0 Å². The molecule has 0 fully saturated rings. The third-order valence-electron chi connectivity index (χ3n) is 5.18. The summed E-state index contributed by atoms with van der Waals surface area (Å²) in [6, 6.07) is 19.1. The van der Waals surface area contributed by atoms with E-state index in [0.29, 0.717) is 11.5 Å². The molecule has 1 aliphatic heterocycles. The lowest BCUT2D eigenvalue weighted by Gasteiger charge is -2.14. The zero-order valence-corrected chi connectivity index (χ0v) is 18.3. The van der Waals surface area contributed by atoms with Crippen LogP contribution in [0.4, 0.5) is 0 Å². The van der Waals surface area contributed by atoms with Gasteiger partial charge in [0.1, 0.15) is 0 Å². The van der Waals surface area contributed by atoms with E-state index in [1.165, 1.54) is 31.2 Å². The van der Waals surface area contributed by atoms with Crippen LogP contribution in [-0.4, -0.2) is 36.3 Å². The number of carbonyl (C=O) groups excluding carboxylic acids is 4. The molecule has 1 N–H and O–H groups in total. The van der Waals surface area contributed by atoms with Gasteiger partial charge in [-0.2, -0.15) is 0 Å². The summed E-state index contributed by atoms with van der Waals surface area (Å²) in [7, 11) is 0. The second-order valence-electron chi connectivity index (χ2n) is 7.55. The lowest BCUT2D eigenvalue weighted by Crippen LogP contribution is -2.35. The van der Waals surface area contributed by atoms with Crippen LogP contribution in [0, 0.1) is 0 Å². The summed E-state index contributed by atoms with van der Waals surface area (Å²) in [5.41, 5.74) is 1.40. The van der Waals surface area contributed by atoms with Gasteiger partial charge < -0.3 is 19.5 Å². The molecule has 3 aromatic rings. The standard InChI is InChI=1S/C26H21NO7/c1-16(25(30)27-14-17-7-12-21-22(13-17)33-15-32-21)34-26(31)20-10-8-19(9-11-20)24(29)23(28)18-5-3-2-4-6-18/h2-13,16H,14-15H2,1H3,(H,27,30)/t16-/m0/s1. The van der Waals surface area contributed by atoms with Crippen molar-refractivity contribution in [1.82, 2.24) is 5.32 Å². The summed E-state index contributed by atoms with van der Waals surface area (Å²) in [5.74, 6) is -1.25. The number of ether oxygens (including phenoxy) is 3. The van der Waals surface area contributed by atoms with Gasteiger partial charge in [-0.3, -0.25) is 14.4 Å². The van der Waals surface area contributed by atoms with E-state index in [1.807, 2.05) is 0 Å². The number of fused-ring (bicyclic) bond motifs is 1. The second-order valence-corrected chi connectivity index (χ2v) is 7.55. The minimum absolute atomic E-state index is 0.152. The fraction of sp³-hybridized carbons (Fsp3) is 0.154. The van der Waals surface area contributed by atoms with E-state index < -0.39 is 29.5 Å². The van der Waals surface area contributed by atoms with Gasteiger partial charge >= 0.3 is 5.97 Å². The quantitative estimate of drug-likeness (QED) is 0.313. The van der Waals surface area contributed by atoms with Crippen LogP contribution in [0.1, 0.15) is 43.6 Å². The van der Waals surface area contributed by atoms with E-state index in [-0.39, 0.29) is 30.0 Å². The van der Waals surface area contributed by atoms with Gasteiger partial charge in [0.2, 0.25) is 18.4 Å². The molecule has 0 bridgehead atoms. The molecular formula is C26H21NO7. The topological polar surface area (TPSA) is 108 Å². The predicted molar refractivity (Wildman–Crippen MR) is 121 cm³/mol. The van der Waals surface area contributed by atoms with E-state index in [4.69, 9.17) is 14.2 Å². The predicted octanol–water partition coefficient (Wildman–Crippen LogP) is 3.34. The number of nitrogens with one attached hydrogen (secondary N) is 1. The van der Waals surface area contributed by atoms with Crippen LogP contribution in [0.2, 0.25) is 0 Å². The molecule has 8 nitrogen and oxygen atoms in total. The lowest BCUT2D eigenvalue weighted by molar-refractivity contribution is -0.129. The Morgan fingerprint density at radius 2 is 1.44 bits per heavy atom. The highest BCUT2D eigenvalue weighted by atomic mass is 16.7. The molecule has 172 valence electrons. The fourth-order valence-corrected chi connectivity index (χ4v) is 3.28. The van der Waals surface area contributed by atoms with Crippen LogP contribution < -0.4 is 14.8 Å². The van der Waals surface area contributed by atoms with Crippen LogP contribution in [0.5, 0.6) is 11.5 Å². The van der Waals surface area contributed by atoms with Crippen LogP contribution in [0.3, 0.4) is 0 Å². The molecule has 1 heterocycles. The average molecular weight is 459 g/mol. The zero-order valence-electron chi connectivity index (χ0n) is 18.3. The van der Waals surface area contributed by atoms with Crippen molar-refractivity contribution in [2.75, 3.05) is 6.79 Å². The molecule has 34 heavy (non-hydrogen) atoms. The molecule has 1 aliphatic rings. The second kappa shape index (κ2) is 9.99. The van der Waals surface area contributed by atoms with E-state index in [2.05, 4.69) is 5.32 Å². The van der Waals surface area contributed by atoms with Crippen molar-refractivity contribution >= 4 is 23.4 Å². The Bertz CT molecular complexity index is 1240. The smallest absolute Gasteiger partial charge is 0.338 e. The number of Topliss-reactive ketones (excluding diaryl/α,β-unsaturated/α-hetero) is 2. The molecule has 0 saturated carbocycles. The molecule has 0 aromatic heterocycles. The molecule has 0 saturated heterocycles. The number of rotatable bonds is 8. The Labute approximate surface area is 195 Å². The first-order valence-corrected chi connectivity index (χ1v) is 10.5. The van der Waals surface area contributed by atoms with Crippen LogP contribution in [0.15, 0.2) is 72.8 Å². The summed E-state index contributed by atoms with van der Waals surface area (Å²) in [4.78, 5) is 49.5. The molecule has 4 rings (SSSR count). The average Bonchev–Trinajstić information content (AvgIpc) is 3.35. The Kier molecular flexibility index (Phi) is 6.68. The van der Waals surface area contributed by atoms with Gasteiger partial charge in [-0.05, 0) is 36.8 Å². The number of amides is 1. The molecule has 1 amide bonds. The van der Waals surface area contributed by atoms with Gasteiger partial charge in [0.15, 0.2) is 17.6 Å². The van der Waals surface area contributed by atoms with Crippen molar-refractivity contribution in [2.24, 2.45) is 0 Å². The van der Waals surface area contributed by atoms with E-state index in [9.17, 15) is 19.2 Å². The molecule has 0 spiro atoms. The van der Waals surface area contributed by atoms with Crippen molar-refractivity contribution in [2.45, 2.75) is 19.6 Å². The number of ketones is 2. The maximum Gasteiger partial charge on any atom is 0.338 e. The van der Waals surface area contributed by atoms with Gasteiger partial charge in [-0.25, -0.2) is 4.79 Å². The van der Waals surface area contributed by atoms with E-state index >= 15 is 0 Å². The van der Waals surface area contributed by atoms with Gasteiger partial charge in [0, 0.05) is 17.7 Å². The first-order valence-electron chi connectivity index (χ1n) is 10.5. The van der Waals surface area contributed by atoms with Gasteiger partial charge in [0.05, 0.1) is 5.56 Å². The largest absolute Gasteiger partial charge is 0.454 e. The summed E-state index contributed by atoms with van der Waals surface area (Å²) >= 11 is 0. The minimum atomic E-state index is -1.04. The number of hydrogen-bond acceptors (Lipinski definition) is 7. The Morgan fingerprint density at radius 1 is 0.824 bits per heavy atom. The normalized spacial score (nSPS) is 12.5. The Balaban J connectivity index is 1.30. The number of esters is 1. The molecule has 0 unspecified atom stereocenters. The number of hydrogen-bond donors (Lipinski definition) is 1. The van der Waals surface area contributed by atoms with Gasteiger partial charge in [-0.15, -0.1) is 0 Å². The molecule has 3 aromatic carbocycles. The maximum atomic E-state index is 12.4. The molecular weight excluding hydrogens is 438 g/mol. The first kappa shape index (κ1) is 22.7. The summed E-state index contributed by atoms with van der Waals surface area (Å²) in [6.07, 6.45) is -1.04. The molecule has 0 radical (unpaired) electrons. The summed E-state index contributed by atoms with van der Waals surface area (Å²) in [6.45, 7) is 1.85. The molecule has 0 aliphatic carbocycles. The van der Waals surface area contributed by atoms with E-state index in [0.717, 1.165) is 5.56 Å². The third kappa shape index (κ3) is 5.12. The van der Waals surface area contributed by atoms with Crippen LogP contribution >= 0.6 is 0 Å². The highest BCUT2D eigenvalue weighted by Crippen LogP contribution is 2.32. The zero-order chi connectivity index (χ0) is 24.1. The number of benzene rings is 3. The summed E-state index contributed by atoms with van der Waals surface area (Å²) in [5, 5.41) is 2.70. The third-order valence-corrected chi connectivity index (χ3v) is 5.18. The monoisotopic (exact) mass is 459 g/mol. The maximum absolute atomic E-state index is 12.4. The summed E-state index contributed by atoms with van der Waals surface area (Å²) < 4.78 is 15.8. The highest BCUT2D eigenvalue weighted by Gasteiger charge is 2.21. The number of carbonyl (C=O) groups is 4. The lowest BCUT2D eigenvalue weighted by atomic mass is 10.0. The van der Waals surface area contributed by atoms with Crippen molar-refractivity contribution < 1.29 is 33.4 Å². The van der Waals surface area contributed by atoms with Crippen LogP contribution in [-0.2, 0) is 16.1 Å². The van der Waals surface area contributed by atoms with Gasteiger partial charge in [-0.1, -0.05) is 48.5 Å². The minimum Gasteiger partial charge on any atom is -0.454 e. The molecule has 8 heteroatoms. The SMILES string of the molecule is C[C@H](OC(=O)c1ccc(C(=O)C(=O)c2ccccc2)cc1)C(=O)NCc1ccc2c(c1)OCO2. The van der Waals surface area contributed by atoms with Crippen LogP contribution in [0.25, 0.3) is 0 Å². The Morgan fingerprint density at radius 3 is 2.15 bits per heavy atom. The first-order chi connectivity index (χ1) is 16.4. The van der Waals surface area contributed by atoms with E-state index in [1.54, 1.807) is 48.5 Å². The van der Waals surface area contributed by atoms with Crippen molar-refractivity contribution in [3.63, 3.8) is 0 Å². The van der Waals surface area contributed by atoms with Crippen molar-refractivity contribution in [3.05, 3.63) is 95.1 Å². The highest BCUT2D eigenvalue weighted by molar-refractivity contribution is 6.49.